The SMILES string of the molecule is COc1ccc(-c2nc(N)sc2Cc2cccnc2)cc1. The maximum absolute atomic E-state index is 5.89. The number of aromatic nitrogens is 2. The van der Waals surface area contributed by atoms with Crippen LogP contribution < -0.4 is 10.5 Å². The van der Waals surface area contributed by atoms with Gasteiger partial charge in [-0.15, -0.1) is 11.3 Å². The lowest BCUT2D eigenvalue weighted by atomic mass is 10.1. The van der Waals surface area contributed by atoms with E-state index in [1.807, 2.05) is 36.5 Å². The molecular weight excluding hydrogens is 282 g/mol. The molecule has 0 saturated heterocycles. The second-order valence-corrected chi connectivity index (χ2v) is 5.71. The van der Waals surface area contributed by atoms with E-state index in [0.29, 0.717) is 5.13 Å². The van der Waals surface area contributed by atoms with Gasteiger partial charge in [0, 0.05) is 29.3 Å². The fourth-order valence-electron chi connectivity index (χ4n) is 2.15. The zero-order valence-corrected chi connectivity index (χ0v) is 12.4. The lowest BCUT2D eigenvalue weighted by Crippen LogP contribution is -1.90. The van der Waals surface area contributed by atoms with Gasteiger partial charge >= 0.3 is 0 Å². The van der Waals surface area contributed by atoms with Gasteiger partial charge in [0.15, 0.2) is 5.13 Å². The second kappa shape index (κ2) is 5.93. The fourth-order valence-corrected chi connectivity index (χ4v) is 3.04. The average molecular weight is 297 g/mol. The normalized spacial score (nSPS) is 10.5. The average Bonchev–Trinajstić information content (AvgIpc) is 2.89. The molecule has 106 valence electrons. The highest BCUT2D eigenvalue weighted by Gasteiger charge is 2.12. The number of benzene rings is 1. The summed E-state index contributed by atoms with van der Waals surface area (Å²) in [4.78, 5) is 9.76. The summed E-state index contributed by atoms with van der Waals surface area (Å²) >= 11 is 1.52. The van der Waals surface area contributed by atoms with Gasteiger partial charge < -0.3 is 10.5 Å². The number of ether oxygens (including phenoxy) is 1. The van der Waals surface area contributed by atoms with Gasteiger partial charge in [-0.2, -0.15) is 0 Å². The first-order valence-electron chi connectivity index (χ1n) is 6.55. The summed E-state index contributed by atoms with van der Waals surface area (Å²) in [6.45, 7) is 0. The van der Waals surface area contributed by atoms with Crippen molar-refractivity contribution in [2.24, 2.45) is 0 Å². The van der Waals surface area contributed by atoms with Crippen LogP contribution in [0.4, 0.5) is 5.13 Å². The molecule has 0 aliphatic heterocycles. The molecule has 0 unspecified atom stereocenters. The van der Waals surface area contributed by atoms with Gasteiger partial charge in [0.1, 0.15) is 5.75 Å². The van der Waals surface area contributed by atoms with Crippen LogP contribution in [-0.4, -0.2) is 17.1 Å². The van der Waals surface area contributed by atoms with Crippen molar-refractivity contribution in [1.82, 2.24) is 9.97 Å². The summed E-state index contributed by atoms with van der Waals surface area (Å²) in [6.07, 6.45) is 4.42. The van der Waals surface area contributed by atoms with Crippen molar-refractivity contribution in [3.05, 3.63) is 59.2 Å². The van der Waals surface area contributed by atoms with Crippen molar-refractivity contribution in [2.75, 3.05) is 12.8 Å². The van der Waals surface area contributed by atoms with Gasteiger partial charge in [-0.1, -0.05) is 6.07 Å². The van der Waals surface area contributed by atoms with Crippen LogP contribution in [0.2, 0.25) is 0 Å². The highest BCUT2D eigenvalue weighted by Crippen LogP contribution is 2.32. The number of anilines is 1. The van der Waals surface area contributed by atoms with Crippen LogP contribution in [-0.2, 0) is 6.42 Å². The Morgan fingerprint density at radius 1 is 1.19 bits per heavy atom. The first kappa shape index (κ1) is 13.6. The largest absolute Gasteiger partial charge is 0.497 e. The molecule has 0 aliphatic carbocycles. The van der Waals surface area contributed by atoms with E-state index in [-0.39, 0.29) is 0 Å². The maximum Gasteiger partial charge on any atom is 0.180 e. The highest BCUT2D eigenvalue weighted by molar-refractivity contribution is 7.15. The van der Waals surface area contributed by atoms with E-state index >= 15 is 0 Å². The third-order valence-corrected chi connectivity index (χ3v) is 4.05. The monoisotopic (exact) mass is 297 g/mol. The number of thiazole rings is 1. The Balaban J connectivity index is 1.95. The van der Waals surface area contributed by atoms with E-state index in [9.17, 15) is 0 Å². The lowest BCUT2D eigenvalue weighted by Gasteiger charge is -2.04. The standard InChI is InChI=1S/C16H15N3OS/c1-20-13-6-4-12(5-7-13)15-14(21-16(17)19-15)9-11-3-2-8-18-10-11/h2-8,10H,9H2,1H3,(H2,17,19). The number of nitrogens with zero attached hydrogens (tertiary/aromatic N) is 2. The van der Waals surface area contributed by atoms with Crippen LogP contribution in [0.1, 0.15) is 10.4 Å². The van der Waals surface area contributed by atoms with E-state index in [1.54, 1.807) is 13.3 Å². The molecule has 21 heavy (non-hydrogen) atoms. The fraction of sp³-hybridized carbons (Fsp3) is 0.125. The van der Waals surface area contributed by atoms with Crippen LogP contribution in [0, 0.1) is 0 Å². The number of hydrogen-bond acceptors (Lipinski definition) is 5. The number of hydrogen-bond donors (Lipinski definition) is 1. The molecular formula is C16H15N3OS. The van der Waals surface area contributed by atoms with Crippen LogP contribution in [0.5, 0.6) is 5.75 Å². The van der Waals surface area contributed by atoms with Crippen molar-refractivity contribution >= 4 is 16.5 Å². The number of nitrogen functional groups attached to an aromatic ring is 1. The summed E-state index contributed by atoms with van der Waals surface area (Å²) < 4.78 is 5.19. The third-order valence-electron chi connectivity index (χ3n) is 3.16. The zero-order chi connectivity index (χ0) is 14.7. The van der Waals surface area contributed by atoms with Crippen molar-refractivity contribution < 1.29 is 4.74 Å². The first-order valence-corrected chi connectivity index (χ1v) is 7.36. The molecule has 0 fully saturated rings. The highest BCUT2D eigenvalue weighted by atomic mass is 32.1. The molecule has 5 heteroatoms. The molecule has 4 nitrogen and oxygen atoms in total. The van der Waals surface area contributed by atoms with Crippen LogP contribution >= 0.6 is 11.3 Å². The molecule has 3 rings (SSSR count). The van der Waals surface area contributed by atoms with E-state index in [4.69, 9.17) is 10.5 Å². The summed E-state index contributed by atoms with van der Waals surface area (Å²) in [5.74, 6) is 0.829. The molecule has 2 heterocycles. The van der Waals surface area contributed by atoms with Crippen LogP contribution in [0.3, 0.4) is 0 Å². The number of pyridine rings is 1. The Labute approximate surface area is 127 Å². The van der Waals surface area contributed by atoms with Gasteiger partial charge in [0.05, 0.1) is 12.8 Å². The minimum Gasteiger partial charge on any atom is -0.497 e. The number of methoxy groups -OCH3 is 1. The molecule has 2 aromatic heterocycles. The molecule has 2 N–H and O–H groups in total. The van der Waals surface area contributed by atoms with Gasteiger partial charge in [-0.05, 0) is 35.9 Å². The van der Waals surface area contributed by atoms with Crippen molar-refractivity contribution in [2.45, 2.75) is 6.42 Å². The van der Waals surface area contributed by atoms with Crippen molar-refractivity contribution in [1.29, 1.82) is 0 Å². The summed E-state index contributed by atoms with van der Waals surface area (Å²) in [5.41, 5.74) is 9.02. The van der Waals surface area contributed by atoms with Crippen LogP contribution in [0.25, 0.3) is 11.3 Å². The Morgan fingerprint density at radius 3 is 2.67 bits per heavy atom. The van der Waals surface area contributed by atoms with Gasteiger partial charge in [-0.3, -0.25) is 4.98 Å². The Bertz CT molecular complexity index is 723. The maximum atomic E-state index is 5.89. The summed E-state index contributed by atoms with van der Waals surface area (Å²) in [6, 6.07) is 11.9. The minimum absolute atomic E-state index is 0.583. The molecule has 0 aliphatic rings. The molecule has 0 amide bonds. The second-order valence-electron chi connectivity index (χ2n) is 4.59. The molecule has 1 aromatic carbocycles. The molecule has 0 atom stereocenters. The predicted octanol–water partition coefficient (Wildman–Crippen LogP) is 3.39. The topological polar surface area (TPSA) is 61.0 Å². The Hall–Kier alpha value is -2.40. The Kier molecular flexibility index (Phi) is 3.83. The molecule has 0 bridgehead atoms. The predicted molar refractivity (Wildman–Crippen MR) is 85.6 cm³/mol. The molecule has 0 saturated carbocycles. The van der Waals surface area contributed by atoms with Crippen LogP contribution in [0.15, 0.2) is 48.8 Å². The first-order chi connectivity index (χ1) is 10.3. The zero-order valence-electron chi connectivity index (χ0n) is 11.6. The van der Waals surface area contributed by atoms with Crippen molar-refractivity contribution in [3.63, 3.8) is 0 Å². The van der Waals surface area contributed by atoms with Gasteiger partial charge in [-0.25, -0.2) is 4.98 Å². The number of nitrogens with two attached hydrogens (primary N) is 1. The molecule has 0 spiro atoms. The number of rotatable bonds is 4. The minimum atomic E-state index is 0.583. The smallest absolute Gasteiger partial charge is 0.180 e. The van der Waals surface area contributed by atoms with E-state index in [1.165, 1.54) is 11.3 Å². The Morgan fingerprint density at radius 2 is 2.00 bits per heavy atom. The van der Waals surface area contributed by atoms with Crippen molar-refractivity contribution in [3.8, 4) is 17.0 Å². The molecule has 0 radical (unpaired) electrons. The van der Waals surface area contributed by atoms with Gasteiger partial charge in [0.25, 0.3) is 0 Å². The quantitative estimate of drug-likeness (QED) is 0.802. The van der Waals surface area contributed by atoms with E-state index in [2.05, 4.69) is 16.0 Å². The third kappa shape index (κ3) is 3.03. The van der Waals surface area contributed by atoms with E-state index in [0.717, 1.165) is 33.9 Å². The molecule has 3 aromatic rings. The summed E-state index contributed by atoms with van der Waals surface area (Å²) in [7, 11) is 1.66. The van der Waals surface area contributed by atoms with E-state index < -0.39 is 0 Å². The lowest BCUT2D eigenvalue weighted by molar-refractivity contribution is 0.415. The summed E-state index contributed by atoms with van der Waals surface area (Å²) in [5, 5.41) is 0.583. The van der Waals surface area contributed by atoms with Gasteiger partial charge in [0.2, 0.25) is 0 Å².